The van der Waals surface area contributed by atoms with Gasteiger partial charge in [-0.3, -0.25) is 14.4 Å². The first-order chi connectivity index (χ1) is 12.8. The van der Waals surface area contributed by atoms with Crippen LogP contribution in [0.25, 0.3) is 0 Å². The van der Waals surface area contributed by atoms with E-state index >= 15 is 0 Å². The Morgan fingerprint density at radius 2 is 1.85 bits per heavy atom. The van der Waals surface area contributed by atoms with Gasteiger partial charge in [-0.25, -0.2) is 4.98 Å². The van der Waals surface area contributed by atoms with E-state index in [1.54, 1.807) is 24.3 Å². The number of halogens is 2. The van der Waals surface area contributed by atoms with Gasteiger partial charge in [-0.2, -0.15) is 0 Å². The van der Waals surface area contributed by atoms with Crippen LogP contribution in [-0.4, -0.2) is 35.4 Å². The minimum atomic E-state index is -1.11. The fourth-order valence-electron chi connectivity index (χ4n) is 1.98. The minimum absolute atomic E-state index is 0.0987. The maximum atomic E-state index is 12.1. The van der Waals surface area contributed by atoms with Crippen LogP contribution in [-0.2, 0) is 14.3 Å². The molecule has 0 saturated carbocycles. The number of hydrogen-bond acceptors (Lipinski definition) is 5. The number of esters is 1. The molecule has 0 aliphatic rings. The SMILES string of the molecule is Cc1ccc(C(=O)NCC(=O)O[C@H](C)C(=O)Nc2ncc(Cl)cc2Cl)cc1. The molecule has 0 fully saturated rings. The van der Waals surface area contributed by atoms with Crippen molar-refractivity contribution in [2.24, 2.45) is 0 Å². The number of nitrogens with one attached hydrogen (secondary N) is 2. The van der Waals surface area contributed by atoms with Gasteiger partial charge >= 0.3 is 5.97 Å². The summed E-state index contributed by atoms with van der Waals surface area (Å²) in [7, 11) is 0. The van der Waals surface area contributed by atoms with Crippen molar-refractivity contribution >= 4 is 46.8 Å². The predicted molar refractivity (Wildman–Crippen MR) is 102 cm³/mol. The topological polar surface area (TPSA) is 97.4 Å². The van der Waals surface area contributed by atoms with Gasteiger partial charge in [0.05, 0.1) is 10.0 Å². The molecule has 9 heteroatoms. The first kappa shape index (κ1) is 20.7. The molecular formula is C18H17Cl2N3O4. The number of benzene rings is 1. The average Bonchev–Trinajstić information content (AvgIpc) is 2.62. The van der Waals surface area contributed by atoms with E-state index in [9.17, 15) is 14.4 Å². The highest BCUT2D eigenvalue weighted by atomic mass is 35.5. The first-order valence-electron chi connectivity index (χ1n) is 7.92. The molecule has 1 atom stereocenters. The van der Waals surface area contributed by atoms with Gasteiger partial charge in [-0.1, -0.05) is 40.9 Å². The molecule has 7 nitrogen and oxygen atoms in total. The van der Waals surface area contributed by atoms with Gasteiger partial charge in [0.15, 0.2) is 11.9 Å². The van der Waals surface area contributed by atoms with E-state index < -0.39 is 23.9 Å². The molecule has 1 heterocycles. The number of anilines is 1. The Labute approximate surface area is 166 Å². The van der Waals surface area contributed by atoms with E-state index in [-0.39, 0.29) is 17.4 Å². The van der Waals surface area contributed by atoms with E-state index in [1.165, 1.54) is 19.2 Å². The van der Waals surface area contributed by atoms with Crippen LogP contribution in [0.3, 0.4) is 0 Å². The Bertz CT molecular complexity index is 856. The average molecular weight is 410 g/mol. The molecule has 0 spiro atoms. The van der Waals surface area contributed by atoms with Gasteiger partial charge in [0, 0.05) is 11.8 Å². The summed E-state index contributed by atoms with van der Waals surface area (Å²) in [5.41, 5.74) is 1.43. The van der Waals surface area contributed by atoms with Gasteiger partial charge in [0.2, 0.25) is 0 Å². The number of nitrogens with zero attached hydrogens (tertiary/aromatic N) is 1. The van der Waals surface area contributed by atoms with E-state index in [4.69, 9.17) is 27.9 Å². The second-order valence-electron chi connectivity index (χ2n) is 5.65. The highest BCUT2D eigenvalue weighted by Gasteiger charge is 2.20. The first-order valence-corrected chi connectivity index (χ1v) is 8.68. The lowest BCUT2D eigenvalue weighted by molar-refractivity contribution is -0.152. The second kappa shape index (κ2) is 9.34. The molecule has 2 aromatic rings. The Hall–Kier alpha value is -2.64. The largest absolute Gasteiger partial charge is 0.451 e. The zero-order chi connectivity index (χ0) is 20.0. The molecular weight excluding hydrogens is 393 g/mol. The van der Waals surface area contributed by atoms with Crippen LogP contribution in [0.5, 0.6) is 0 Å². The molecule has 0 bridgehead atoms. The van der Waals surface area contributed by atoms with Crippen molar-refractivity contribution in [3.05, 3.63) is 57.7 Å². The zero-order valence-corrected chi connectivity index (χ0v) is 16.1. The lowest BCUT2D eigenvalue weighted by atomic mass is 10.1. The van der Waals surface area contributed by atoms with Crippen molar-refractivity contribution in [1.82, 2.24) is 10.3 Å². The summed E-state index contributed by atoms with van der Waals surface area (Å²) in [5.74, 6) is -1.69. The standard InChI is InChI=1S/C18H17Cl2N3O4/c1-10-3-5-12(6-4-10)18(26)22-9-15(24)27-11(2)17(25)23-16-14(20)7-13(19)8-21-16/h3-8,11H,9H2,1-2H3,(H,22,26)(H,21,23,25)/t11-/m1/s1. The monoisotopic (exact) mass is 409 g/mol. The number of pyridine rings is 1. The molecule has 142 valence electrons. The summed E-state index contributed by atoms with van der Waals surface area (Å²) in [6.07, 6.45) is 0.211. The van der Waals surface area contributed by atoms with Crippen LogP contribution in [0.1, 0.15) is 22.8 Å². The molecule has 2 amide bonds. The van der Waals surface area contributed by atoms with Crippen molar-refractivity contribution in [3.8, 4) is 0 Å². The molecule has 0 radical (unpaired) electrons. The third-order valence-corrected chi connectivity index (χ3v) is 3.93. The maximum absolute atomic E-state index is 12.1. The number of aromatic nitrogens is 1. The Morgan fingerprint density at radius 3 is 2.48 bits per heavy atom. The molecule has 1 aromatic carbocycles. The van der Waals surface area contributed by atoms with Crippen molar-refractivity contribution in [2.45, 2.75) is 20.0 Å². The van der Waals surface area contributed by atoms with Gasteiger partial charge in [-0.05, 0) is 32.0 Å². The van der Waals surface area contributed by atoms with Crippen LogP contribution in [0.15, 0.2) is 36.5 Å². The van der Waals surface area contributed by atoms with Crippen molar-refractivity contribution < 1.29 is 19.1 Å². The van der Waals surface area contributed by atoms with Crippen LogP contribution in [0, 0.1) is 6.92 Å². The lowest BCUT2D eigenvalue weighted by Crippen LogP contribution is -2.36. The summed E-state index contributed by atoms with van der Waals surface area (Å²) in [4.78, 5) is 39.7. The summed E-state index contributed by atoms with van der Waals surface area (Å²) in [6, 6.07) is 8.29. The molecule has 0 saturated heterocycles. The fraction of sp³-hybridized carbons (Fsp3) is 0.222. The number of aryl methyl sites for hydroxylation is 1. The molecule has 1 aromatic heterocycles. The summed E-state index contributed by atoms with van der Waals surface area (Å²) >= 11 is 11.7. The van der Waals surface area contributed by atoms with E-state index in [1.807, 2.05) is 6.92 Å². The van der Waals surface area contributed by atoms with Gasteiger partial charge < -0.3 is 15.4 Å². The van der Waals surface area contributed by atoms with E-state index in [0.717, 1.165) is 5.56 Å². The number of hydrogen-bond donors (Lipinski definition) is 2. The Kier molecular flexibility index (Phi) is 7.15. The Morgan fingerprint density at radius 1 is 1.19 bits per heavy atom. The van der Waals surface area contributed by atoms with E-state index in [0.29, 0.717) is 10.6 Å². The summed E-state index contributed by atoms with van der Waals surface area (Å²) < 4.78 is 4.99. The quantitative estimate of drug-likeness (QED) is 0.714. The molecule has 0 aliphatic heterocycles. The third-order valence-electron chi connectivity index (χ3n) is 3.43. The normalized spacial score (nSPS) is 11.4. The van der Waals surface area contributed by atoms with E-state index in [2.05, 4.69) is 15.6 Å². The smallest absolute Gasteiger partial charge is 0.326 e. The molecule has 0 unspecified atom stereocenters. The van der Waals surface area contributed by atoms with Gasteiger partial charge in [0.1, 0.15) is 6.54 Å². The summed E-state index contributed by atoms with van der Waals surface area (Å²) in [6.45, 7) is 2.92. The molecule has 0 aliphatic carbocycles. The number of rotatable bonds is 6. The molecule has 2 N–H and O–H groups in total. The second-order valence-corrected chi connectivity index (χ2v) is 6.50. The summed E-state index contributed by atoms with van der Waals surface area (Å²) in [5, 5.41) is 5.34. The molecule has 2 rings (SSSR count). The Balaban J connectivity index is 1.82. The van der Waals surface area contributed by atoms with Crippen LogP contribution < -0.4 is 10.6 Å². The van der Waals surface area contributed by atoms with Crippen molar-refractivity contribution in [1.29, 1.82) is 0 Å². The van der Waals surface area contributed by atoms with Crippen molar-refractivity contribution in [3.63, 3.8) is 0 Å². The van der Waals surface area contributed by atoms with Crippen molar-refractivity contribution in [2.75, 3.05) is 11.9 Å². The maximum Gasteiger partial charge on any atom is 0.326 e. The zero-order valence-electron chi connectivity index (χ0n) is 14.6. The lowest BCUT2D eigenvalue weighted by Gasteiger charge is -2.14. The third kappa shape index (κ3) is 6.23. The number of amides is 2. The predicted octanol–water partition coefficient (Wildman–Crippen LogP) is 3.00. The highest BCUT2D eigenvalue weighted by Crippen LogP contribution is 2.22. The molecule has 27 heavy (non-hydrogen) atoms. The van der Waals surface area contributed by atoms with Crippen LogP contribution in [0.2, 0.25) is 10.0 Å². The van der Waals surface area contributed by atoms with Crippen LogP contribution >= 0.6 is 23.2 Å². The minimum Gasteiger partial charge on any atom is -0.451 e. The van der Waals surface area contributed by atoms with Gasteiger partial charge in [0.25, 0.3) is 11.8 Å². The van der Waals surface area contributed by atoms with Gasteiger partial charge in [-0.15, -0.1) is 0 Å². The fourth-order valence-corrected chi connectivity index (χ4v) is 2.40. The highest BCUT2D eigenvalue weighted by molar-refractivity contribution is 6.36. The number of ether oxygens (including phenoxy) is 1. The number of carbonyl (C=O) groups is 3. The number of carbonyl (C=O) groups excluding carboxylic acids is 3. The van der Waals surface area contributed by atoms with Crippen LogP contribution in [0.4, 0.5) is 5.82 Å².